The summed E-state index contributed by atoms with van der Waals surface area (Å²) in [7, 11) is 0. The number of fused-ring (bicyclic) bond motifs is 1. The van der Waals surface area contributed by atoms with Crippen LogP contribution in [0.15, 0.2) is 24.5 Å². The molecule has 0 aliphatic carbocycles. The average Bonchev–Trinajstić information content (AvgIpc) is 3.03. The van der Waals surface area contributed by atoms with Crippen LogP contribution >= 0.6 is 0 Å². The summed E-state index contributed by atoms with van der Waals surface area (Å²) < 4.78 is 48.1. The molecule has 8 heteroatoms. The molecule has 0 fully saturated rings. The van der Waals surface area contributed by atoms with Gasteiger partial charge in [-0.25, -0.2) is 0 Å². The monoisotopic (exact) mass is 298 g/mol. The number of hydrogen-bond acceptors (Lipinski definition) is 4. The molecule has 0 radical (unpaired) electrons. The van der Waals surface area contributed by atoms with Crippen molar-refractivity contribution in [3.05, 3.63) is 30.1 Å². The fraction of sp³-hybridized carbons (Fsp3) is 0.231. The first-order chi connectivity index (χ1) is 9.96. The zero-order valence-corrected chi connectivity index (χ0v) is 10.6. The van der Waals surface area contributed by atoms with Gasteiger partial charge in [0.2, 0.25) is 6.79 Å². The molecule has 0 bridgehead atoms. The fourth-order valence-corrected chi connectivity index (χ4v) is 2.08. The third-order valence-electron chi connectivity index (χ3n) is 2.96. The second kappa shape index (κ2) is 4.80. The number of hydrogen-bond donors (Lipinski definition) is 0. The van der Waals surface area contributed by atoms with Gasteiger partial charge in [-0.05, 0) is 17.7 Å². The first-order valence-electron chi connectivity index (χ1n) is 5.95. The van der Waals surface area contributed by atoms with E-state index in [1.54, 1.807) is 6.07 Å². The molecule has 1 aliphatic rings. The molecule has 1 aromatic carbocycles. The lowest BCUT2D eigenvalue weighted by Gasteiger charge is -2.06. The summed E-state index contributed by atoms with van der Waals surface area (Å²) in [4.78, 5) is 11.1. The Labute approximate surface area is 116 Å². The van der Waals surface area contributed by atoms with Crippen LogP contribution < -0.4 is 9.47 Å². The maximum absolute atomic E-state index is 12.3. The van der Waals surface area contributed by atoms with E-state index in [-0.39, 0.29) is 6.79 Å². The topological polar surface area (TPSA) is 53.4 Å². The number of rotatable bonds is 3. The van der Waals surface area contributed by atoms with Crippen LogP contribution in [-0.2, 0) is 6.54 Å². The number of aromatic nitrogens is 2. The minimum Gasteiger partial charge on any atom is -0.454 e. The standard InChI is InChI=1S/C13H9F3N2O3/c14-13(15,16)6-18-4-9(3-17-18)10-2-12-11(20-7-21-12)1-8(10)5-19/h1-5H,6-7H2. The molecular weight excluding hydrogens is 289 g/mol. The Hall–Kier alpha value is -2.51. The molecule has 0 atom stereocenters. The lowest BCUT2D eigenvalue weighted by atomic mass is 10.0. The lowest BCUT2D eigenvalue weighted by Crippen LogP contribution is -2.17. The Balaban J connectivity index is 1.99. The summed E-state index contributed by atoms with van der Waals surface area (Å²) in [6.07, 6.45) is -1.24. The highest BCUT2D eigenvalue weighted by molar-refractivity contribution is 5.89. The van der Waals surface area contributed by atoms with E-state index >= 15 is 0 Å². The Morgan fingerprint density at radius 1 is 1.29 bits per heavy atom. The van der Waals surface area contributed by atoms with Crippen LogP contribution in [0, 0.1) is 0 Å². The van der Waals surface area contributed by atoms with Crippen molar-refractivity contribution in [1.29, 1.82) is 0 Å². The molecule has 110 valence electrons. The highest BCUT2D eigenvalue weighted by Crippen LogP contribution is 2.38. The number of benzene rings is 1. The summed E-state index contributed by atoms with van der Waals surface area (Å²) in [6, 6.07) is 3.05. The number of carbonyl (C=O) groups excluding carboxylic acids is 1. The molecule has 21 heavy (non-hydrogen) atoms. The molecule has 0 N–H and O–H groups in total. The van der Waals surface area contributed by atoms with Gasteiger partial charge < -0.3 is 9.47 Å². The third kappa shape index (κ3) is 2.69. The van der Waals surface area contributed by atoms with Crippen LogP contribution in [-0.4, -0.2) is 29.0 Å². The summed E-state index contributed by atoms with van der Waals surface area (Å²) in [6.45, 7) is -1.14. The third-order valence-corrected chi connectivity index (χ3v) is 2.96. The molecule has 0 saturated carbocycles. The normalized spacial score (nSPS) is 13.5. The van der Waals surface area contributed by atoms with E-state index in [0.717, 1.165) is 4.68 Å². The first kappa shape index (κ1) is 13.5. The smallest absolute Gasteiger partial charge is 0.408 e. The lowest BCUT2D eigenvalue weighted by molar-refractivity contribution is -0.142. The van der Waals surface area contributed by atoms with Crippen molar-refractivity contribution in [2.75, 3.05) is 6.79 Å². The number of ether oxygens (including phenoxy) is 2. The van der Waals surface area contributed by atoms with Gasteiger partial charge in [0.15, 0.2) is 17.8 Å². The van der Waals surface area contributed by atoms with Crippen molar-refractivity contribution in [3.63, 3.8) is 0 Å². The predicted molar refractivity (Wildman–Crippen MR) is 65.2 cm³/mol. The second-order valence-corrected chi connectivity index (χ2v) is 4.45. The Bertz CT molecular complexity index is 694. The van der Waals surface area contributed by atoms with Crippen molar-refractivity contribution in [3.8, 4) is 22.6 Å². The summed E-state index contributed by atoms with van der Waals surface area (Å²) >= 11 is 0. The molecular formula is C13H9F3N2O3. The largest absolute Gasteiger partial charge is 0.454 e. The number of nitrogens with zero attached hydrogens (tertiary/aromatic N) is 2. The van der Waals surface area contributed by atoms with Crippen molar-refractivity contribution in [2.45, 2.75) is 12.7 Å². The van der Waals surface area contributed by atoms with Gasteiger partial charge in [-0.3, -0.25) is 9.48 Å². The van der Waals surface area contributed by atoms with Gasteiger partial charge in [0.05, 0.1) is 6.20 Å². The van der Waals surface area contributed by atoms with Gasteiger partial charge in [-0.1, -0.05) is 0 Å². The number of halogens is 3. The highest BCUT2D eigenvalue weighted by Gasteiger charge is 2.28. The maximum Gasteiger partial charge on any atom is 0.408 e. The molecule has 1 aromatic heterocycles. The van der Waals surface area contributed by atoms with Crippen LogP contribution in [0.25, 0.3) is 11.1 Å². The molecule has 0 unspecified atom stereocenters. The Morgan fingerprint density at radius 2 is 2.00 bits per heavy atom. The number of alkyl halides is 3. The second-order valence-electron chi connectivity index (χ2n) is 4.45. The van der Waals surface area contributed by atoms with Crippen molar-refractivity contribution in [1.82, 2.24) is 9.78 Å². The summed E-state index contributed by atoms with van der Waals surface area (Å²) in [5.74, 6) is 0.878. The van der Waals surface area contributed by atoms with Gasteiger partial charge in [0.25, 0.3) is 0 Å². The van der Waals surface area contributed by atoms with E-state index < -0.39 is 12.7 Å². The van der Waals surface area contributed by atoms with E-state index in [0.29, 0.717) is 34.5 Å². The molecule has 1 aliphatic heterocycles. The summed E-state index contributed by atoms with van der Waals surface area (Å²) in [5.41, 5.74) is 1.15. The zero-order valence-electron chi connectivity index (χ0n) is 10.6. The molecule has 0 spiro atoms. The van der Waals surface area contributed by atoms with Gasteiger partial charge >= 0.3 is 6.18 Å². The number of carbonyl (C=O) groups is 1. The van der Waals surface area contributed by atoms with Crippen LogP contribution in [0.5, 0.6) is 11.5 Å². The molecule has 0 amide bonds. The molecule has 0 saturated heterocycles. The quantitative estimate of drug-likeness (QED) is 0.817. The van der Waals surface area contributed by atoms with E-state index in [1.165, 1.54) is 18.5 Å². The van der Waals surface area contributed by atoms with Crippen molar-refractivity contribution in [2.24, 2.45) is 0 Å². The average molecular weight is 298 g/mol. The van der Waals surface area contributed by atoms with Crippen LogP contribution in [0.3, 0.4) is 0 Å². The number of aldehydes is 1. The van der Waals surface area contributed by atoms with Crippen LogP contribution in [0.2, 0.25) is 0 Å². The SMILES string of the molecule is O=Cc1cc2c(cc1-c1cnn(CC(F)(F)F)c1)OCO2. The van der Waals surface area contributed by atoms with E-state index in [9.17, 15) is 18.0 Å². The van der Waals surface area contributed by atoms with Gasteiger partial charge in [-0.2, -0.15) is 18.3 Å². The Morgan fingerprint density at radius 3 is 2.67 bits per heavy atom. The fourth-order valence-electron chi connectivity index (χ4n) is 2.08. The maximum atomic E-state index is 12.3. The van der Waals surface area contributed by atoms with Crippen LogP contribution in [0.1, 0.15) is 10.4 Å². The minimum absolute atomic E-state index is 0.0461. The van der Waals surface area contributed by atoms with E-state index in [2.05, 4.69) is 5.10 Å². The predicted octanol–water partition coefficient (Wildman–Crippen LogP) is 2.65. The van der Waals surface area contributed by atoms with Gasteiger partial charge in [-0.15, -0.1) is 0 Å². The van der Waals surface area contributed by atoms with Crippen LogP contribution in [0.4, 0.5) is 13.2 Å². The zero-order chi connectivity index (χ0) is 15.0. The summed E-state index contributed by atoms with van der Waals surface area (Å²) in [5, 5.41) is 3.66. The molecule has 3 rings (SSSR count). The van der Waals surface area contributed by atoms with Gasteiger partial charge in [0, 0.05) is 17.3 Å². The van der Waals surface area contributed by atoms with Gasteiger partial charge in [0.1, 0.15) is 6.54 Å². The van der Waals surface area contributed by atoms with Crippen molar-refractivity contribution < 1.29 is 27.4 Å². The van der Waals surface area contributed by atoms with E-state index in [4.69, 9.17) is 9.47 Å². The Kier molecular flexibility index (Phi) is 3.08. The molecule has 2 heterocycles. The van der Waals surface area contributed by atoms with E-state index in [1.807, 2.05) is 0 Å². The highest BCUT2D eigenvalue weighted by atomic mass is 19.4. The first-order valence-corrected chi connectivity index (χ1v) is 5.95. The molecule has 5 nitrogen and oxygen atoms in total. The molecule has 2 aromatic rings. The minimum atomic E-state index is -4.36. The van der Waals surface area contributed by atoms with Crippen molar-refractivity contribution >= 4 is 6.29 Å².